The summed E-state index contributed by atoms with van der Waals surface area (Å²) in [7, 11) is 0. The molecule has 0 saturated carbocycles. The van der Waals surface area contributed by atoms with Crippen molar-refractivity contribution in [3.8, 4) is 0 Å². The van der Waals surface area contributed by atoms with Gasteiger partial charge in [-0.05, 0) is 24.3 Å². The Bertz CT molecular complexity index is 522. The second-order valence-corrected chi connectivity index (χ2v) is 5.31. The largest absolute Gasteiger partial charge is 0.366 e. The van der Waals surface area contributed by atoms with E-state index in [0.717, 1.165) is 5.69 Å². The number of amides is 2. The van der Waals surface area contributed by atoms with Crippen molar-refractivity contribution in [1.29, 1.82) is 0 Å². The Morgan fingerprint density at radius 3 is 2.65 bits per heavy atom. The van der Waals surface area contributed by atoms with E-state index >= 15 is 0 Å². The third kappa shape index (κ3) is 3.09. The van der Waals surface area contributed by atoms with Crippen molar-refractivity contribution in [2.24, 2.45) is 10.7 Å². The van der Waals surface area contributed by atoms with E-state index in [1.54, 1.807) is 28.4 Å². The first-order chi connectivity index (χ1) is 8.15. The number of halogens is 1. The van der Waals surface area contributed by atoms with Crippen LogP contribution in [-0.4, -0.2) is 19.9 Å². The highest BCUT2D eigenvalue weighted by Gasteiger charge is 2.07. The topological polar surface area (TPSA) is 96.6 Å². The number of primary amides is 1. The first kappa shape index (κ1) is 11.7. The third-order valence-electron chi connectivity index (χ3n) is 1.97. The van der Waals surface area contributed by atoms with E-state index < -0.39 is 26.6 Å². The van der Waals surface area contributed by atoms with Crippen molar-refractivity contribution in [3.63, 3.8) is 0 Å². The molecule has 6 nitrogen and oxygen atoms in total. The summed E-state index contributed by atoms with van der Waals surface area (Å²) < 4.78 is 1.63. The molecule has 2 rings (SSSR count). The lowest BCUT2D eigenvalue weighted by atomic mass is 10.2. The van der Waals surface area contributed by atoms with E-state index in [4.69, 9.17) is 5.73 Å². The number of aliphatic imine (C=N–C) groups is 1. The van der Waals surface area contributed by atoms with Crippen molar-refractivity contribution >= 4 is 46.3 Å². The van der Waals surface area contributed by atoms with Gasteiger partial charge < -0.3 is 11.1 Å². The summed E-state index contributed by atoms with van der Waals surface area (Å²) >= 11 is -0.629. The number of nitrogens with two attached hydrogens (primary N) is 1. The fraction of sp³-hybridized carbons (Fsp3) is 0. The molecule has 1 aromatic rings. The van der Waals surface area contributed by atoms with Gasteiger partial charge in [0.2, 0.25) is 11.9 Å². The van der Waals surface area contributed by atoms with E-state index in [1.165, 1.54) is 0 Å². The molecule has 0 bridgehead atoms. The number of rotatable bonds is 2. The molecule has 4 N–H and O–H groups in total. The van der Waals surface area contributed by atoms with Crippen LogP contribution in [0, 0.1) is 0 Å². The van der Waals surface area contributed by atoms with Gasteiger partial charge in [-0.1, -0.05) is 0 Å². The molecule has 7 heteroatoms. The van der Waals surface area contributed by atoms with E-state index in [2.05, 4.69) is 15.6 Å². The number of guanidine groups is 1. The number of nitrogens with zero attached hydrogens (tertiary/aromatic N) is 1. The minimum atomic E-state index is -0.629. The maximum Gasteiger partial charge on any atom is 0.283 e. The standard InChI is InChI=1S/C10H9IN4O2/c12-8(16)6-1-3-7(4-2-6)14-10-13-5-11-9(17)15-10/h1-5H,(H2,12,16)(H2,13,14,15,17). The minimum absolute atomic E-state index is 0.00458. The Balaban J connectivity index is 2.09. The van der Waals surface area contributed by atoms with Crippen LogP contribution in [0.4, 0.5) is 10.5 Å². The number of carbonyl (C=O) groups excluding carboxylic acids is 2. The van der Waals surface area contributed by atoms with Crippen LogP contribution in [0.15, 0.2) is 29.3 Å². The molecule has 1 aliphatic heterocycles. The van der Waals surface area contributed by atoms with Crippen LogP contribution in [-0.2, 0) is 0 Å². The number of carbonyl (C=O) groups is 2. The molecule has 1 heterocycles. The zero-order valence-corrected chi connectivity index (χ0v) is 10.8. The van der Waals surface area contributed by atoms with E-state index in [-0.39, 0.29) is 3.91 Å². The zero-order valence-electron chi connectivity index (χ0n) is 8.61. The van der Waals surface area contributed by atoms with Gasteiger partial charge in [-0.25, -0.2) is 4.99 Å². The highest BCUT2D eigenvalue weighted by atomic mass is 127. The van der Waals surface area contributed by atoms with Gasteiger partial charge in [0.05, 0.1) is 4.14 Å². The van der Waals surface area contributed by atoms with Gasteiger partial charge in [0, 0.05) is 32.0 Å². The lowest BCUT2D eigenvalue weighted by Crippen LogP contribution is -2.34. The van der Waals surface area contributed by atoms with Crippen LogP contribution in [0.25, 0.3) is 0 Å². The molecule has 1 aliphatic rings. The van der Waals surface area contributed by atoms with Crippen LogP contribution in [0.3, 0.4) is 0 Å². The Kier molecular flexibility index (Phi) is 3.47. The number of benzene rings is 1. The molecule has 0 spiro atoms. The van der Waals surface area contributed by atoms with Crippen LogP contribution in [0.5, 0.6) is 0 Å². The number of anilines is 1. The predicted molar refractivity (Wildman–Crippen MR) is 74.6 cm³/mol. The Morgan fingerprint density at radius 2 is 2.06 bits per heavy atom. The summed E-state index contributed by atoms with van der Waals surface area (Å²) in [4.78, 5) is 26.0. The molecular weight excluding hydrogens is 335 g/mol. The van der Waals surface area contributed by atoms with Gasteiger partial charge in [0.15, 0.2) is 0 Å². The predicted octanol–water partition coefficient (Wildman–Crippen LogP) is 1.01. The van der Waals surface area contributed by atoms with Crippen LogP contribution < -0.4 is 16.4 Å². The van der Waals surface area contributed by atoms with E-state index in [9.17, 15) is 9.59 Å². The molecule has 1 aromatic carbocycles. The van der Waals surface area contributed by atoms with E-state index in [1.807, 2.05) is 0 Å². The van der Waals surface area contributed by atoms with Crippen LogP contribution in [0.2, 0.25) is 0 Å². The summed E-state index contributed by atoms with van der Waals surface area (Å²) in [5.74, 6) is -0.0780. The lowest BCUT2D eigenvalue weighted by molar-refractivity contribution is 0.100. The monoisotopic (exact) mass is 344 g/mol. The van der Waals surface area contributed by atoms with Crippen LogP contribution >= 0.6 is 20.7 Å². The molecule has 0 unspecified atom stereocenters. The highest BCUT2D eigenvalue weighted by molar-refractivity contribution is 14.2. The van der Waals surface area contributed by atoms with Crippen molar-refractivity contribution in [1.82, 2.24) is 5.32 Å². The summed E-state index contributed by atoms with van der Waals surface area (Å²) in [5, 5.41) is 5.56. The Hall–Kier alpha value is -1.77. The summed E-state index contributed by atoms with van der Waals surface area (Å²) in [6.45, 7) is 0. The first-order valence-corrected chi connectivity index (χ1v) is 6.98. The molecule has 2 amide bonds. The fourth-order valence-electron chi connectivity index (χ4n) is 1.19. The molecule has 0 aromatic heterocycles. The Morgan fingerprint density at radius 1 is 1.35 bits per heavy atom. The average molecular weight is 344 g/mol. The molecule has 88 valence electrons. The molecular formula is C10H9IN4O2. The van der Waals surface area contributed by atoms with Crippen molar-refractivity contribution < 1.29 is 9.59 Å². The van der Waals surface area contributed by atoms with Crippen molar-refractivity contribution in [2.45, 2.75) is 0 Å². The maximum atomic E-state index is 11.1. The lowest BCUT2D eigenvalue weighted by Gasteiger charge is -2.11. The summed E-state index contributed by atoms with van der Waals surface area (Å²) in [6.07, 6.45) is 0. The zero-order chi connectivity index (χ0) is 12.3. The smallest absolute Gasteiger partial charge is 0.283 e. The molecule has 0 radical (unpaired) electrons. The Labute approximate surface area is 107 Å². The molecule has 0 atom stereocenters. The second kappa shape index (κ2) is 5.04. The van der Waals surface area contributed by atoms with Gasteiger partial charge in [0.1, 0.15) is 0 Å². The molecule has 0 aliphatic carbocycles. The van der Waals surface area contributed by atoms with Crippen LogP contribution in [0.1, 0.15) is 10.4 Å². The van der Waals surface area contributed by atoms with Gasteiger partial charge in [-0.15, -0.1) is 0 Å². The van der Waals surface area contributed by atoms with Gasteiger partial charge >= 0.3 is 0 Å². The molecule has 17 heavy (non-hydrogen) atoms. The van der Waals surface area contributed by atoms with Gasteiger partial charge in [-0.2, -0.15) is 0 Å². The number of hydrogen-bond acceptors (Lipinski definition) is 4. The van der Waals surface area contributed by atoms with Gasteiger partial charge in [0.25, 0.3) is 3.91 Å². The first-order valence-electron chi connectivity index (χ1n) is 4.66. The average Bonchev–Trinajstić information content (AvgIpc) is 2.29. The fourth-order valence-corrected chi connectivity index (χ4v) is 2.27. The maximum absolute atomic E-state index is 11.1. The third-order valence-corrected chi connectivity index (χ3v) is 3.37. The van der Waals surface area contributed by atoms with Crippen molar-refractivity contribution in [3.05, 3.63) is 29.8 Å². The summed E-state index contributed by atoms with van der Waals surface area (Å²) in [6, 6.07) is 6.59. The minimum Gasteiger partial charge on any atom is -0.366 e. The van der Waals surface area contributed by atoms with E-state index in [0.29, 0.717) is 11.5 Å². The quantitative estimate of drug-likeness (QED) is 0.424. The van der Waals surface area contributed by atoms with Gasteiger partial charge in [-0.3, -0.25) is 14.9 Å². The highest BCUT2D eigenvalue weighted by Crippen LogP contribution is 2.10. The SMILES string of the molecule is NC(=O)c1ccc(NC2=NC=IC(=O)N2)cc1. The number of hydrogen-bond donors (Lipinski definition) is 3. The molecule has 0 saturated heterocycles. The van der Waals surface area contributed by atoms with Crippen molar-refractivity contribution in [2.75, 3.05) is 5.32 Å². The normalized spacial score (nSPS) is 14.4. The summed E-state index contributed by atoms with van der Waals surface area (Å²) in [5.41, 5.74) is 6.28. The molecule has 0 fully saturated rings. The second-order valence-electron chi connectivity index (χ2n) is 3.15. The number of nitrogens with one attached hydrogen (secondary N) is 2.